The van der Waals surface area contributed by atoms with E-state index in [2.05, 4.69) is 42.2 Å². The number of aryl methyl sites for hydroxylation is 1. The Morgan fingerprint density at radius 1 is 1.33 bits per heavy atom. The van der Waals surface area contributed by atoms with Gasteiger partial charge >= 0.3 is 5.97 Å². The van der Waals surface area contributed by atoms with Crippen LogP contribution in [-0.2, 0) is 22.6 Å². The van der Waals surface area contributed by atoms with Crippen molar-refractivity contribution in [3.05, 3.63) is 24.0 Å². The molecule has 1 aromatic rings. The Morgan fingerprint density at radius 3 is 2.86 bits per heavy atom. The molecule has 0 fully saturated rings. The number of nitrogens with zero attached hydrogens (tertiary/aromatic N) is 1. The van der Waals surface area contributed by atoms with E-state index in [1.807, 2.05) is 6.92 Å². The number of esters is 1. The fourth-order valence-electron chi connectivity index (χ4n) is 2.21. The zero-order valence-corrected chi connectivity index (χ0v) is 13.7. The molecule has 1 heterocycles. The van der Waals surface area contributed by atoms with Gasteiger partial charge in [-0.25, -0.2) is 0 Å². The smallest absolute Gasteiger partial charge is 0.305 e. The minimum atomic E-state index is -0.0722. The van der Waals surface area contributed by atoms with Crippen LogP contribution in [0.15, 0.2) is 18.5 Å². The Kier molecular flexibility index (Phi) is 8.83. The van der Waals surface area contributed by atoms with Crippen molar-refractivity contribution in [3.8, 4) is 0 Å². The van der Waals surface area contributed by atoms with Crippen LogP contribution in [0.3, 0.4) is 0 Å². The van der Waals surface area contributed by atoms with Crippen LogP contribution >= 0.6 is 0 Å². The molecule has 1 rings (SSSR count). The summed E-state index contributed by atoms with van der Waals surface area (Å²) in [5.74, 6) is 0.614. The Hall–Kier alpha value is -1.29. The summed E-state index contributed by atoms with van der Waals surface area (Å²) in [5, 5.41) is 3.45. The van der Waals surface area contributed by atoms with Crippen LogP contribution < -0.4 is 5.32 Å². The number of rotatable bonds is 11. The number of ether oxygens (including phenoxy) is 1. The molecule has 0 unspecified atom stereocenters. The molecule has 0 aromatic carbocycles. The minimum absolute atomic E-state index is 0.0722. The van der Waals surface area contributed by atoms with E-state index in [1.165, 1.54) is 5.56 Å². The summed E-state index contributed by atoms with van der Waals surface area (Å²) in [5.41, 5.74) is 1.34. The zero-order valence-electron chi connectivity index (χ0n) is 13.7. The van der Waals surface area contributed by atoms with Crippen molar-refractivity contribution >= 4 is 5.97 Å². The maximum Gasteiger partial charge on any atom is 0.305 e. The van der Waals surface area contributed by atoms with Crippen LogP contribution in [0.25, 0.3) is 0 Å². The van der Waals surface area contributed by atoms with Gasteiger partial charge in [0.15, 0.2) is 0 Å². The largest absolute Gasteiger partial charge is 0.466 e. The number of hydrogen-bond acceptors (Lipinski definition) is 3. The molecule has 0 bridgehead atoms. The second-order valence-corrected chi connectivity index (χ2v) is 5.90. The third-order valence-electron chi connectivity index (χ3n) is 3.30. The summed E-state index contributed by atoms with van der Waals surface area (Å²) in [6.45, 7) is 9.77. The quantitative estimate of drug-likeness (QED) is 0.503. The molecule has 0 amide bonds. The molecule has 0 spiro atoms. The van der Waals surface area contributed by atoms with Crippen LogP contribution in [0.1, 0.15) is 52.0 Å². The van der Waals surface area contributed by atoms with E-state index in [0.29, 0.717) is 18.9 Å². The van der Waals surface area contributed by atoms with E-state index in [9.17, 15) is 4.79 Å². The number of carbonyl (C=O) groups excluding carboxylic acids is 1. The fraction of sp³-hybridized carbons (Fsp3) is 0.706. The summed E-state index contributed by atoms with van der Waals surface area (Å²) in [6, 6.07) is 2.17. The Bertz CT molecular complexity index is 399. The summed E-state index contributed by atoms with van der Waals surface area (Å²) >= 11 is 0. The van der Waals surface area contributed by atoms with Crippen molar-refractivity contribution in [1.29, 1.82) is 0 Å². The molecule has 0 saturated carbocycles. The first-order chi connectivity index (χ1) is 10.1. The lowest BCUT2D eigenvalue weighted by Crippen LogP contribution is -2.18. The van der Waals surface area contributed by atoms with Gasteiger partial charge in [-0.3, -0.25) is 4.79 Å². The second-order valence-electron chi connectivity index (χ2n) is 5.90. The molecule has 1 N–H and O–H groups in total. The van der Waals surface area contributed by atoms with Gasteiger partial charge in [0.25, 0.3) is 0 Å². The number of carbonyl (C=O) groups is 1. The first-order valence-electron chi connectivity index (χ1n) is 8.12. The van der Waals surface area contributed by atoms with Crippen molar-refractivity contribution < 1.29 is 9.53 Å². The highest BCUT2D eigenvalue weighted by molar-refractivity contribution is 5.69. The first kappa shape index (κ1) is 17.8. The summed E-state index contributed by atoms with van der Waals surface area (Å²) in [7, 11) is 0. The van der Waals surface area contributed by atoms with Gasteiger partial charge in [-0.2, -0.15) is 0 Å². The van der Waals surface area contributed by atoms with E-state index in [-0.39, 0.29) is 5.97 Å². The van der Waals surface area contributed by atoms with Crippen molar-refractivity contribution in [1.82, 2.24) is 9.88 Å². The van der Waals surface area contributed by atoms with Gasteiger partial charge < -0.3 is 14.6 Å². The van der Waals surface area contributed by atoms with Crippen molar-refractivity contribution in [3.63, 3.8) is 0 Å². The average Bonchev–Trinajstić information content (AvgIpc) is 2.86. The van der Waals surface area contributed by atoms with E-state index in [4.69, 9.17) is 4.74 Å². The Morgan fingerprint density at radius 2 is 2.14 bits per heavy atom. The van der Waals surface area contributed by atoms with Crippen LogP contribution in [0.4, 0.5) is 0 Å². The highest BCUT2D eigenvalue weighted by Crippen LogP contribution is 2.06. The standard InChI is InChI=1S/C17H30N2O2/c1-4-21-17(20)8-6-5-7-10-19-11-9-16(14-19)13-18-12-15(2)3/h9,11,14-15,18H,4-8,10,12-13H2,1-3H3. The van der Waals surface area contributed by atoms with Gasteiger partial charge in [-0.15, -0.1) is 0 Å². The fourth-order valence-corrected chi connectivity index (χ4v) is 2.21. The van der Waals surface area contributed by atoms with Gasteiger partial charge in [0.1, 0.15) is 0 Å². The lowest BCUT2D eigenvalue weighted by atomic mass is 10.2. The molecule has 4 nitrogen and oxygen atoms in total. The van der Waals surface area contributed by atoms with Crippen LogP contribution in [0, 0.1) is 5.92 Å². The monoisotopic (exact) mass is 294 g/mol. The van der Waals surface area contributed by atoms with Gasteiger partial charge in [-0.1, -0.05) is 20.3 Å². The topological polar surface area (TPSA) is 43.3 Å². The van der Waals surface area contributed by atoms with Crippen molar-refractivity contribution in [2.24, 2.45) is 5.92 Å². The predicted octanol–water partition coefficient (Wildman–Crippen LogP) is 3.36. The molecule has 0 radical (unpaired) electrons. The molecule has 0 atom stereocenters. The normalized spacial score (nSPS) is 11.0. The molecule has 1 aromatic heterocycles. The molecule has 0 aliphatic carbocycles. The number of hydrogen-bond donors (Lipinski definition) is 1. The van der Waals surface area contributed by atoms with Crippen LogP contribution in [0.5, 0.6) is 0 Å². The van der Waals surface area contributed by atoms with Gasteiger partial charge in [0.05, 0.1) is 6.61 Å². The SMILES string of the molecule is CCOC(=O)CCCCCn1ccc(CNCC(C)C)c1. The summed E-state index contributed by atoms with van der Waals surface area (Å²) in [4.78, 5) is 11.2. The highest BCUT2D eigenvalue weighted by Gasteiger charge is 2.01. The Labute approximate surface area is 128 Å². The molecule has 0 aliphatic heterocycles. The highest BCUT2D eigenvalue weighted by atomic mass is 16.5. The van der Waals surface area contributed by atoms with Gasteiger partial charge in [-0.05, 0) is 43.9 Å². The molecule has 120 valence electrons. The molecular formula is C17H30N2O2. The molecule has 21 heavy (non-hydrogen) atoms. The number of aromatic nitrogens is 1. The van der Waals surface area contributed by atoms with Crippen LogP contribution in [-0.4, -0.2) is 23.7 Å². The van der Waals surface area contributed by atoms with E-state index in [0.717, 1.165) is 38.9 Å². The van der Waals surface area contributed by atoms with E-state index >= 15 is 0 Å². The second kappa shape index (κ2) is 10.4. The number of unbranched alkanes of at least 4 members (excludes halogenated alkanes) is 2. The maximum atomic E-state index is 11.2. The van der Waals surface area contributed by atoms with Crippen molar-refractivity contribution in [2.75, 3.05) is 13.2 Å². The molecule has 0 aliphatic rings. The van der Waals surface area contributed by atoms with Gasteiger partial charge in [0, 0.05) is 31.9 Å². The molecular weight excluding hydrogens is 264 g/mol. The summed E-state index contributed by atoms with van der Waals surface area (Å²) in [6.07, 6.45) is 7.98. The van der Waals surface area contributed by atoms with E-state index in [1.54, 1.807) is 0 Å². The van der Waals surface area contributed by atoms with Gasteiger partial charge in [0.2, 0.25) is 0 Å². The first-order valence-corrected chi connectivity index (χ1v) is 8.12. The van der Waals surface area contributed by atoms with E-state index < -0.39 is 0 Å². The zero-order chi connectivity index (χ0) is 15.5. The third-order valence-corrected chi connectivity index (χ3v) is 3.30. The van der Waals surface area contributed by atoms with Crippen molar-refractivity contribution in [2.45, 2.75) is 59.5 Å². The lowest BCUT2D eigenvalue weighted by Gasteiger charge is -2.06. The Balaban J connectivity index is 2.10. The average molecular weight is 294 g/mol. The number of nitrogens with one attached hydrogen (secondary N) is 1. The minimum Gasteiger partial charge on any atom is -0.466 e. The van der Waals surface area contributed by atoms with Crippen LogP contribution in [0.2, 0.25) is 0 Å². The molecule has 0 saturated heterocycles. The maximum absolute atomic E-state index is 11.2. The summed E-state index contributed by atoms with van der Waals surface area (Å²) < 4.78 is 7.15. The molecule has 4 heteroatoms. The lowest BCUT2D eigenvalue weighted by molar-refractivity contribution is -0.143. The third kappa shape index (κ3) is 8.56. The predicted molar refractivity (Wildman–Crippen MR) is 86.1 cm³/mol.